The molecule has 0 bridgehead atoms. The molecule has 0 N–H and O–H groups in total. The fourth-order valence-electron chi connectivity index (χ4n) is 3.07. The van der Waals surface area contributed by atoms with Crippen LogP contribution in [0.5, 0.6) is 0 Å². The first-order chi connectivity index (χ1) is 13.5. The number of carbonyl (C=O) groups excluding carboxylic acids is 2. The maximum Gasteiger partial charge on any atom is 0.289 e. The van der Waals surface area contributed by atoms with Gasteiger partial charge in [-0.05, 0) is 30.7 Å². The topological polar surface area (TPSA) is 71.6 Å². The van der Waals surface area contributed by atoms with Crippen molar-refractivity contribution in [1.82, 2.24) is 19.4 Å². The minimum Gasteiger partial charge on any atom is -0.459 e. The molecule has 7 heteroatoms. The molecule has 0 saturated heterocycles. The van der Waals surface area contributed by atoms with E-state index < -0.39 is 0 Å². The maximum atomic E-state index is 12.7. The van der Waals surface area contributed by atoms with Gasteiger partial charge in [-0.25, -0.2) is 4.98 Å². The Balaban J connectivity index is 1.84. The summed E-state index contributed by atoms with van der Waals surface area (Å²) in [6.45, 7) is 3.30. The average Bonchev–Trinajstić information content (AvgIpc) is 3.34. The van der Waals surface area contributed by atoms with Gasteiger partial charge in [-0.15, -0.1) is 0 Å². The highest BCUT2D eigenvalue weighted by molar-refractivity contribution is 5.91. The number of hydrogen-bond acceptors (Lipinski definition) is 4. The minimum absolute atomic E-state index is 0.0258. The predicted molar refractivity (Wildman–Crippen MR) is 107 cm³/mol. The van der Waals surface area contributed by atoms with Crippen LogP contribution in [0.4, 0.5) is 0 Å². The summed E-state index contributed by atoms with van der Waals surface area (Å²) in [6, 6.07) is 11.0. The summed E-state index contributed by atoms with van der Waals surface area (Å²) in [5.41, 5.74) is 1.69. The van der Waals surface area contributed by atoms with E-state index in [1.165, 1.54) is 6.26 Å². The minimum atomic E-state index is -0.227. The van der Waals surface area contributed by atoms with Crippen LogP contribution in [0.1, 0.15) is 36.1 Å². The summed E-state index contributed by atoms with van der Waals surface area (Å²) in [4.78, 5) is 33.2. The molecule has 0 fully saturated rings. The third-order valence-electron chi connectivity index (χ3n) is 4.76. The molecule has 0 aliphatic rings. The van der Waals surface area contributed by atoms with Crippen LogP contribution in [0.2, 0.25) is 0 Å². The van der Waals surface area contributed by atoms with Crippen molar-refractivity contribution in [3.63, 3.8) is 0 Å². The second-order valence-electron chi connectivity index (χ2n) is 6.91. The molecule has 2 heterocycles. The molecular weight excluding hydrogens is 356 g/mol. The van der Waals surface area contributed by atoms with Crippen molar-refractivity contribution in [3.8, 4) is 0 Å². The van der Waals surface area contributed by atoms with Gasteiger partial charge in [0.15, 0.2) is 5.76 Å². The van der Waals surface area contributed by atoms with Gasteiger partial charge < -0.3 is 18.8 Å². The molecule has 148 valence electrons. The standard InChI is InChI=1S/C21H26N4O3/c1-4-5-12-23(2)20(26)15-25-17-10-7-6-9-16(17)22-19(25)14-24(3)21(27)18-11-8-13-28-18/h6-11,13H,4-5,12,14-15H2,1-3H3. The second kappa shape index (κ2) is 8.73. The van der Waals surface area contributed by atoms with Gasteiger partial charge in [-0.3, -0.25) is 9.59 Å². The number of carbonyl (C=O) groups is 2. The number of unbranched alkanes of at least 4 members (excludes halogenated alkanes) is 1. The molecule has 3 rings (SSSR count). The van der Waals surface area contributed by atoms with Crippen molar-refractivity contribution in [2.75, 3.05) is 20.6 Å². The summed E-state index contributed by atoms with van der Waals surface area (Å²) < 4.78 is 7.09. The van der Waals surface area contributed by atoms with E-state index in [9.17, 15) is 9.59 Å². The molecule has 2 aromatic heterocycles. The maximum absolute atomic E-state index is 12.7. The molecule has 0 atom stereocenters. The fourth-order valence-corrected chi connectivity index (χ4v) is 3.07. The number of fused-ring (bicyclic) bond motifs is 1. The molecule has 1 aromatic carbocycles. The lowest BCUT2D eigenvalue weighted by molar-refractivity contribution is -0.130. The van der Waals surface area contributed by atoms with Gasteiger partial charge in [0, 0.05) is 20.6 Å². The van der Waals surface area contributed by atoms with Crippen LogP contribution >= 0.6 is 0 Å². The Morgan fingerprint density at radius 2 is 1.89 bits per heavy atom. The lowest BCUT2D eigenvalue weighted by Crippen LogP contribution is -2.32. The van der Waals surface area contributed by atoms with Crippen LogP contribution < -0.4 is 0 Å². The second-order valence-corrected chi connectivity index (χ2v) is 6.91. The van der Waals surface area contributed by atoms with Crippen LogP contribution in [0.15, 0.2) is 47.1 Å². The van der Waals surface area contributed by atoms with Crippen molar-refractivity contribution in [2.45, 2.75) is 32.9 Å². The zero-order valence-electron chi connectivity index (χ0n) is 16.6. The van der Waals surface area contributed by atoms with E-state index in [4.69, 9.17) is 4.42 Å². The number of amides is 2. The average molecular weight is 382 g/mol. The zero-order chi connectivity index (χ0) is 20.1. The lowest BCUT2D eigenvalue weighted by atomic mass is 10.3. The van der Waals surface area contributed by atoms with Crippen molar-refractivity contribution >= 4 is 22.8 Å². The SMILES string of the molecule is CCCCN(C)C(=O)Cn1c(CN(C)C(=O)c2ccco2)nc2ccccc21. The Morgan fingerprint density at radius 1 is 1.11 bits per heavy atom. The first-order valence-corrected chi connectivity index (χ1v) is 9.48. The van der Waals surface area contributed by atoms with Crippen molar-refractivity contribution in [3.05, 3.63) is 54.2 Å². The number of benzene rings is 1. The number of imidazole rings is 1. The number of nitrogens with zero attached hydrogens (tertiary/aromatic N) is 4. The monoisotopic (exact) mass is 382 g/mol. The van der Waals surface area contributed by atoms with Gasteiger partial charge in [-0.1, -0.05) is 25.5 Å². The predicted octanol–water partition coefficient (Wildman–Crippen LogP) is 3.16. The summed E-state index contributed by atoms with van der Waals surface area (Å²) in [5.74, 6) is 0.745. The van der Waals surface area contributed by atoms with Crippen molar-refractivity contribution in [1.29, 1.82) is 0 Å². The van der Waals surface area contributed by atoms with Gasteiger partial charge in [0.05, 0.1) is 23.8 Å². The van der Waals surface area contributed by atoms with E-state index in [1.54, 1.807) is 29.0 Å². The number of likely N-dealkylation sites (N-methyl/N-ethyl adjacent to an activating group) is 1. The molecule has 0 unspecified atom stereocenters. The van der Waals surface area contributed by atoms with Crippen LogP contribution in [0.25, 0.3) is 11.0 Å². The Labute approximate surface area is 164 Å². The van der Waals surface area contributed by atoms with E-state index in [-0.39, 0.29) is 30.7 Å². The van der Waals surface area contributed by atoms with Crippen LogP contribution in [-0.4, -0.2) is 51.8 Å². The smallest absolute Gasteiger partial charge is 0.289 e. The third-order valence-corrected chi connectivity index (χ3v) is 4.76. The number of para-hydroxylation sites is 2. The third kappa shape index (κ3) is 4.24. The number of furan rings is 1. The van der Waals surface area contributed by atoms with E-state index in [0.29, 0.717) is 5.82 Å². The molecule has 7 nitrogen and oxygen atoms in total. The van der Waals surface area contributed by atoms with Gasteiger partial charge in [0.2, 0.25) is 5.91 Å². The lowest BCUT2D eigenvalue weighted by Gasteiger charge is -2.20. The van der Waals surface area contributed by atoms with Gasteiger partial charge in [0.1, 0.15) is 12.4 Å². The molecule has 2 amide bonds. The van der Waals surface area contributed by atoms with Crippen LogP contribution in [0, 0.1) is 0 Å². The molecule has 28 heavy (non-hydrogen) atoms. The van der Waals surface area contributed by atoms with E-state index in [1.807, 2.05) is 35.9 Å². The Bertz CT molecular complexity index is 946. The molecule has 3 aromatic rings. The highest BCUT2D eigenvalue weighted by Crippen LogP contribution is 2.18. The van der Waals surface area contributed by atoms with E-state index in [0.717, 1.165) is 30.4 Å². The first-order valence-electron chi connectivity index (χ1n) is 9.48. The van der Waals surface area contributed by atoms with Crippen molar-refractivity contribution < 1.29 is 14.0 Å². The van der Waals surface area contributed by atoms with Crippen LogP contribution in [-0.2, 0) is 17.9 Å². The summed E-state index contributed by atoms with van der Waals surface area (Å²) >= 11 is 0. The largest absolute Gasteiger partial charge is 0.459 e. The Morgan fingerprint density at radius 3 is 2.61 bits per heavy atom. The van der Waals surface area contributed by atoms with Crippen LogP contribution in [0.3, 0.4) is 0 Å². The number of rotatable bonds is 8. The fraction of sp³-hybridized carbons (Fsp3) is 0.381. The zero-order valence-corrected chi connectivity index (χ0v) is 16.6. The summed E-state index contributed by atoms with van der Waals surface area (Å²) in [6.07, 6.45) is 3.48. The molecule has 0 spiro atoms. The van der Waals surface area contributed by atoms with Gasteiger partial charge in [-0.2, -0.15) is 0 Å². The highest BCUT2D eigenvalue weighted by Gasteiger charge is 2.20. The van der Waals surface area contributed by atoms with E-state index in [2.05, 4.69) is 11.9 Å². The van der Waals surface area contributed by atoms with Crippen molar-refractivity contribution in [2.24, 2.45) is 0 Å². The molecule has 0 saturated carbocycles. The number of hydrogen-bond donors (Lipinski definition) is 0. The molecular formula is C21H26N4O3. The Hall–Kier alpha value is -3.09. The van der Waals surface area contributed by atoms with Gasteiger partial charge in [0.25, 0.3) is 5.91 Å². The highest BCUT2D eigenvalue weighted by atomic mass is 16.3. The first kappa shape index (κ1) is 19.7. The normalized spacial score (nSPS) is 11.0. The quantitative estimate of drug-likeness (QED) is 0.600. The molecule has 0 radical (unpaired) electrons. The van der Waals surface area contributed by atoms with E-state index >= 15 is 0 Å². The number of aromatic nitrogens is 2. The summed E-state index contributed by atoms with van der Waals surface area (Å²) in [7, 11) is 3.52. The van der Waals surface area contributed by atoms with Gasteiger partial charge >= 0.3 is 0 Å². The molecule has 0 aliphatic carbocycles. The molecule has 0 aliphatic heterocycles. The Kier molecular flexibility index (Phi) is 6.13. The summed E-state index contributed by atoms with van der Waals surface area (Å²) in [5, 5.41) is 0.